The number of carboxylic acids is 1. The monoisotopic (exact) mass is 179 g/mol. The maximum atomic E-state index is 10.4. The van der Waals surface area contributed by atoms with Crippen molar-refractivity contribution in [2.75, 3.05) is 12.9 Å². The molecular formula is C5H6ClNO2S. The molecule has 0 saturated heterocycles. The molecule has 0 spiro atoms. The Morgan fingerprint density at radius 2 is 2.50 bits per heavy atom. The maximum Gasteiger partial charge on any atom is 0.345 e. The minimum atomic E-state index is -0.945. The van der Waals surface area contributed by atoms with E-state index in [9.17, 15) is 4.79 Å². The summed E-state index contributed by atoms with van der Waals surface area (Å²) in [5.74, 6) is -0.320. The van der Waals surface area contributed by atoms with Gasteiger partial charge < -0.3 is 10.0 Å². The fourth-order valence-electron chi connectivity index (χ4n) is 0.601. The Balaban J connectivity index is 2.85. The van der Waals surface area contributed by atoms with Gasteiger partial charge in [-0.05, 0) is 0 Å². The van der Waals surface area contributed by atoms with Crippen LogP contribution in [0.1, 0.15) is 0 Å². The molecule has 0 aliphatic carbocycles. The highest BCUT2D eigenvalue weighted by molar-refractivity contribution is 8.04. The quantitative estimate of drug-likeness (QED) is 0.613. The third-order valence-electron chi connectivity index (χ3n) is 1.12. The average Bonchev–Trinajstić information content (AvgIpc) is 2.14. The van der Waals surface area contributed by atoms with Crippen molar-refractivity contribution < 1.29 is 9.90 Å². The Labute approximate surface area is 67.6 Å². The molecule has 0 aromatic rings. The number of hydrogen-bond acceptors (Lipinski definition) is 3. The van der Waals surface area contributed by atoms with E-state index in [0.717, 1.165) is 0 Å². The molecule has 0 fully saturated rings. The largest absolute Gasteiger partial charge is 0.477 e. The fourth-order valence-corrected chi connectivity index (χ4v) is 1.83. The van der Waals surface area contributed by atoms with Gasteiger partial charge in [0.05, 0.1) is 5.88 Å². The molecule has 0 radical (unpaired) electrons. The average molecular weight is 180 g/mol. The number of halogens is 1. The fraction of sp³-hybridized carbons (Fsp3) is 0.400. The molecular weight excluding hydrogens is 174 g/mol. The van der Waals surface area contributed by atoms with Gasteiger partial charge in [0.2, 0.25) is 0 Å². The smallest absolute Gasteiger partial charge is 0.345 e. The van der Waals surface area contributed by atoms with Gasteiger partial charge in [-0.1, -0.05) is 23.4 Å². The second kappa shape index (κ2) is 2.72. The predicted molar refractivity (Wildman–Crippen MR) is 40.7 cm³/mol. The van der Waals surface area contributed by atoms with E-state index in [1.54, 1.807) is 11.9 Å². The van der Waals surface area contributed by atoms with Gasteiger partial charge in [-0.2, -0.15) is 0 Å². The number of thioether (sulfide) groups is 1. The van der Waals surface area contributed by atoms with Gasteiger partial charge in [-0.15, -0.1) is 0 Å². The molecule has 1 N–H and O–H groups in total. The summed E-state index contributed by atoms with van der Waals surface area (Å²) < 4.78 is 0. The lowest BCUT2D eigenvalue weighted by atomic mass is 10.6. The van der Waals surface area contributed by atoms with E-state index >= 15 is 0 Å². The van der Waals surface area contributed by atoms with E-state index in [-0.39, 0.29) is 4.91 Å². The van der Waals surface area contributed by atoms with E-state index in [0.29, 0.717) is 11.0 Å². The van der Waals surface area contributed by atoms with Crippen molar-refractivity contribution >= 4 is 29.3 Å². The second-order valence-electron chi connectivity index (χ2n) is 1.90. The summed E-state index contributed by atoms with van der Waals surface area (Å²) in [5.41, 5.74) is 0. The summed E-state index contributed by atoms with van der Waals surface area (Å²) in [5, 5.41) is 8.84. The minimum Gasteiger partial charge on any atom is -0.477 e. The molecule has 0 bridgehead atoms. The van der Waals surface area contributed by atoms with Gasteiger partial charge in [0.25, 0.3) is 0 Å². The molecule has 0 aromatic carbocycles. The topological polar surface area (TPSA) is 40.5 Å². The number of nitrogens with zero attached hydrogens (tertiary/aromatic N) is 1. The summed E-state index contributed by atoms with van der Waals surface area (Å²) in [6, 6.07) is 0. The summed E-state index contributed by atoms with van der Waals surface area (Å²) >= 11 is 6.87. The highest BCUT2D eigenvalue weighted by atomic mass is 35.5. The maximum absolute atomic E-state index is 10.4. The molecule has 0 saturated carbocycles. The third-order valence-corrected chi connectivity index (χ3v) is 2.88. The lowest BCUT2D eigenvalue weighted by molar-refractivity contribution is -0.131. The molecule has 56 valence electrons. The van der Waals surface area contributed by atoms with E-state index in [1.165, 1.54) is 11.8 Å². The van der Waals surface area contributed by atoms with Crippen LogP contribution in [0.15, 0.2) is 10.1 Å². The Hall–Kier alpha value is -0.350. The van der Waals surface area contributed by atoms with Crippen molar-refractivity contribution in [3.05, 3.63) is 10.1 Å². The lowest BCUT2D eigenvalue weighted by Crippen LogP contribution is -2.08. The van der Waals surface area contributed by atoms with Gasteiger partial charge in [-0.25, -0.2) is 4.79 Å². The Morgan fingerprint density at radius 3 is 2.70 bits per heavy atom. The van der Waals surface area contributed by atoms with Crippen molar-refractivity contribution in [2.24, 2.45) is 0 Å². The second-order valence-corrected chi connectivity index (χ2v) is 3.21. The van der Waals surface area contributed by atoms with Crippen LogP contribution in [0.3, 0.4) is 0 Å². The van der Waals surface area contributed by atoms with Gasteiger partial charge in [0.15, 0.2) is 0 Å². The molecule has 1 rings (SSSR count). The van der Waals surface area contributed by atoms with Crippen LogP contribution in [-0.2, 0) is 4.79 Å². The van der Waals surface area contributed by atoms with Crippen molar-refractivity contribution in [2.45, 2.75) is 0 Å². The standard InChI is InChI=1S/C5H6ClNO2S/c1-7-2-10-3(4(7)6)5(8)9/h2H2,1H3,(H,8,9). The minimum absolute atomic E-state index is 0.240. The molecule has 10 heavy (non-hydrogen) atoms. The lowest BCUT2D eigenvalue weighted by Gasteiger charge is -2.06. The van der Waals surface area contributed by atoms with Crippen LogP contribution in [0.4, 0.5) is 0 Å². The number of hydrogen-bond donors (Lipinski definition) is 1. The Morgan fingerprint density at radius 1 is 1.90 bits per heavy atom. The van der Waals surface area contributed by atoms with E-state index in [1.807, 2.05) is 0 Å². The molecule has 0 unspecified atom stereocenters. The van der Waals surface area contributed by atoms with Crippen molar-refractivity contribution in [1.82, 2.24) is 4.90 Å². The number of rotatable bonds is 1. The van der Waals surface area contributed by atoms with Crippen LogP contribution in [0, 0.1) is 0 Å². The van der Waals surface area contributed by atoms with Crippen molar-refractivity contribution in [3.8, 4) is 0 Å². The zero-order valence-electron chi connectivity index (χ0n) is 5.30. The van der Waals surface area contributed by atoms with Crippen LogP contribution < -0.4 is 0 Å². The third kappa shape index (κ3) is 1.22. The molecule has 1 heterocycles. The number of carboxylic acid groups (broad SMARTS) is 1. The van der Waals surface area contributed by atoms with Gasteiger partial charge in [0, 0.05) is 7.05 Å². The molecule has 0 amide bonds. The normalized spacial score (nSPS) is 18.4. The van der Waals surface area contributed by atoms with Crippen LogP contribution in [0.2, 0.25) is 0 Å². The van der Waals surface area contributed by atoms with E-state index < -0.39 is 5.97 Å². The van der Waals surface area contributed by atoms with Crippen molar-refractivity contribution in [3.63, 3.8) is 0 Å². The molecule has 0 aromatic heterocycles. The zero-order valence-corrected chi connectivity index (χ0v) is 6.87. The first kappa shape index (κ1) is 7.75. The molecule has 3 nitrogen and oxygen atoms in total. The molecule has 1 aliphatic rings. The summed E-state index contributed by atoms with van der Waals surface area (Å²) in [7, 11) is 1.76. The highest BCUT2D eigenvalue weighted by Gasteiger charge is 2.23. The predicted octanol–water partition coefficient (Wildman–Crippen LogP) is 1.11. The van der Waals surface area contributed by atoms with Gasteiger partial charge in [-0.3, -0.25) is 0 Å². The number of carbonyl (C=O) groups is 1. The highest BCUT2D eigenvalue weighted by Crippen LogP contribution is 2.32. The molecule has 1 aliphatic heterocycles. The van der Waals surface area contributed by atoms with Crippen molar-refractivity contribution in [1.29, 1.82) is 0 Å². The van der Waals surface area contributed by atoms with Crippen LogP contribution in [-0.4, -0.2) is 28.9 Å². The zero-order chi connectivity index (χ0) is 7.72. The first-order valence-electron chi connectivity index (χ1n) is 2.60. The van der Waals surface area contributed by atoms with Crippen LogP contribution >= 0.6 is 23.4 Å². The molecule has 5 heteroatoms. The summed E-state index contributed by atoms with van der Waals surface area (Å²) in [6.07, 6.45) is 0. The SMILES string of the molecule is CN1CSC(C(=O)O)=C1Cl. The van der Waals surface area contributed by atoms with Gasteiger partial charge in [0.1, 0.15) is 10.1 Å². The number of aliphatic carboxylic acids is 1. The first-order chi connectivity index (χ1) is 4.63. The molecule has 0 atom stereocenters. The Bertz CT molecular complexity index is 204. The van der Waals surface area contributed by atoms with E-state index in [2.05, 4.69) is 0 Å². The van der Waals surface area contributed by atoms with Crippen LogP contribution in [0.25, 0.3) is 0 Å². The first-order valence-corrected chi connectivity index (χ1v) is 3.96. The van der Waals surface area contributed by atoms with Crippen LogP contribution in [0.5, 0.6) is 0 Å². The van der Waals surface area contributed by atoms with E-state index in [4.69, 9.17) is 16.7 Å². The summed E-state index contributed by atoms with van der Waals surface area (Å²) in [6.45, 7) is 0. The summed E-state index contributed by atoms with van der Waals surface area (Å²) in [4.78, 5) is 12.3. The Kier molecular flexibility index (Phi) is 2.11. The van der Waals surface area contributed by atoms with Gasteiger partial charge >= 0.3 is 5.97 Å².